The minimum absolute atomic E-state index is 0.0322. The molecule has 6 rings (SSSR count). The lowest BCUT2D eigenvalue weighted by atomic mass is 9.78. The Morgan fingerprint density at radius 3 is 2.02 bits per heavy atom. The molecule has 0 radical (unpaired) electrons. The Kier molecular flexibility index (Phi) is 9.72. The average Bonchev–Trinajstić information content (AvgIpc) is 3.10. The zero-order valence-electron chi connectivity index (χ0n) is 25.5. The Labute approximate surface area is 268 Å². The lowest BCUT2D eigenvalue weighted by Gasteiger charge is -2.48. The summed E-state index contributed by atoms with van der Waals surface area (Å²) in [5.41, 5.74) is 11.1. The second-order valence-corrected chi connectivity index (χ2v) is 11.5. The number of nitrogens with zero attached hydrogens (tertiary/aromatic N) is 1. The molecule has 1 heterocycles. The van der Waals surface area contributed by atoms with Crippen LogP contribution in [0.25, 0.3) is 0 Å². The van der Waals surface area contributed by atoms with Crippen LogP contribution in [0, 0.1) is 11.7 Å². The number of amides is 1. The molecule has 5 aromatic rings. The van der Waals surface area contributed by atoms with Crippen LogP contribution in [0.3, 0.4) is 0 Å². The number of aliphatic hydroxyl groups is 1. The van der Waals surface area contributed by atoms with E-state index in [0.717, 1.165) is 27.9 Å². The highest BCUT2D eigenvalue weighted by molar-refractivity contribution is 6.03. The van der Waals surface area contributed by atoms with Crippen LogP contribution < -0.4 is 20.1 Å². The van der Waals surface area contributed by atoms with Crippen molar-refractivity contribution in [3.63, 3.8) is 0 Å². The summed E-state index contributed by atoms with van der Waals surface area (Å²) >= 11 is 0. The van der Waals surface area contributed by atoms with Gasteiger partial charge in [0, 0.05) is 23.9 Å². The molecule has 1 aliphatic rings. The van der Waals surface area contributed by atoms with Crippen molar-refractivity contribution in [2.24, 2.45) is 11.7 Å². The first-order valence-electron chi connectivity index (χ1n) is 15.5. The van der Waals surface area contributed by atoms with Gasteiger partial charge in [-0.3, -0.25) is 4.79 Å². The highest BCUT2D eigenvalue weighted by Crippen LogP contribution is 2.49. The van der Waals surface area contributed by atoms with Gasteiger partial charge in [0.05, 0.1) is 18.1 Å². The Morgan fingerprint density at radius 1 is 0.761 bits per heavy atom. The van der Waals surface area contributed by atoms with Crippen LogP contribution in [0.4, 0.5) is 10.1 Å². The number of benzene rings is 5. The summed E-state index contributed by atoms with van der Waals surface area (Å²) in [7, 11) is 0. The number of halogens is 1. The molecule has 46 heavy (non-hydrogen) atoms. The zero-order valence-corrected chi connectivity index (χ0v) is 25.5. The van der Waals surface area contributed by atoms with E-state index in [-0.39, 0.29) is 17.8 Å². The van der Waals surface area contributed by atoms with Crippen molar-refractivity contribution in [3.05, 3.63) is 161 Å². The van der Waals surface area contributed by atoms with Crippen LogP contribution in [0.5, 0.6) is 11.5 Å². The van der Waals surface area contributed by atoms with E-state index in [1.165, 1.54) is 12.1 Å². The maximum Gasteiger partial charge on any atom is 0.233 e. The van der Waals surface area contributed by atoms with Crippen LogP contribution in [0.2, 0.25) is 0 Å². The number of anilines is 1. The van der Waals surface area contributed by atoms with E-state index < -0.39 is 12.0 Å². The van der Waals surface area contributed by atoms with Crippen LogP contribution >= 0.6 is 0 Å². The summed E-state index contributed by atoms with van der Waals surface area (Å²) in [6, 6.07) is 38.8. The molecule has 1 aliphatic heterocycles. The van der Waals surface area contributed by atoms with Crippen LogP contribution in [-0.2, 0) is 24.6 Å². The molecule has 7 heteroatoms. The second kappa shape index (κ2) is 14.4. The lowest BCUT2D eigenvalue weighted by Crippen LogP contribution is -2.55. The number of ether oxygens (including phenoxy) is 2. The molecule has 5 aromatic carbocycles. The molecule has 234 valence electrons. The summed E-state index contributed by atoms with van der Waals surface area (Å²) in [5, 5.41) is 10.9. The third-order valence-electron chi connectivity index (χ3n) is 8.46. The van der Waals surface area contributed by atoms with Crippen molar-refractivity contribution in [1.29, 1.82) is 0 Å². The maximum absolute atomic E-state index is 13.8. The van der Waals surface area contributed by atoms with Gasteiger partial charge in [0.25, 0.3) is 0 Å². The van der Waals surface area contributed by atoms with Gasteiger partial charge in [-0.15, -0.1) is 0 Å². The molecule has 1 amide bonds. The van der Waals surface area contributed by atoms with Gasteiger partial charge in [-0.1, -0.05) is 84.9 Å². The summed E-state index contributed by atoms with van der Waals surface area (Å²) in [5.74, 6) is 0.485. The zero-order chi connectivity index (χ0) is 31.9. The Hall–Kier alpha value is -4.98. The van der Waals surface area contributed by atoms with E-state index in [4.69, 9.17) is 15.2 Å². The van der Waals surface area contributed by atoms with Gasteiger partial charge in [-0.05, 0) is 71.5 Å². The van der Waals surface area contributed by atoms with Gasteiger partial charge in [-0.2, -0.15) is 0 Å². The highest BCUT2D eigenvalue weighted by atomic mass is 19.1. The van der Waals surface area contributed by atoms with Crippen molar-refractivity contribution in [2.45, 2.75) is 44.7 Å². The third kappa shape index (κ3) is 7.12. The lowest BCUT2D eigenvalue weighted by molar-refractivity contribution is -0.131. The maximum atomic E-state index is 13.8. The first-order valence-corrected chi connectivity index (χ1v) is 15.5. The summed E-state index contributed by atoms with van der Waals surface area (Å²) in [6.45, 7) is 1.16. The molecule has 1 fully saturated rings. The van der Waals surface area contributed by atoms with Crippen LogP contribution in [0.15, 0.2) is 127 Å². The Balaban J connectivity index is 1.31. The molecular formula is C39H37FN2O4. The monoisotopic (exact) mass is 616 g/mol. The molecule has 0 aromatic heterocycles. The number of nitrogens with two attached hydrogens (primary N) is 1. The summed E-state index contributed by atoms with van der Waals surface area (Å²) < 4.78 is 26.1. The average molecular weight is 617 g/mol. The molecule has 6 nitrogen and oxygen atoms in total. The number of carbonyl (C=O) groups excluding carboxylic acids is 1. The quantitative estimate of drug-likeness (QED) is 0.133. The van der Waals surface area contributed by atoms with Gasteiger partial charge >= 0.3 is 0 Å². The van der Waals surface area contributed by atoms with Crippen molar-refractivity contribution in [2.75, 3.05) is 4.90 Å². The number of carbonyl (C=O) groups is 1. The molecule has 3 N–H and O–H groups in total. The van der Waals surface area contributed by atoms with Gasteiger partial charge in [0.15, 0.2) is 0 Å². The third-order valence-corrected chi connectivity index (χ3v) is 8.46. The molecule has 3 atom stereocenters. The van der Waals surface area contributed by atoms with Crippen LogP contribution in [-0.4, -0.2) is 11.0 Å². The van der Waals surface area contributed by atoms with Gasteiger partial charge in [0.1, 0.15) is 30.5 Å². The van der Waals surface area contributed by atoms with Crippen molar-refractivity contribution in [1.82, 2.24) is 0 Å². The first-order chi connectivity index (χ1) is 22.5. The molecule has 0 aliphatic carbocycles. The van der Waals surface area contributed by atoms with Gasteiger partial charge < -0.3 is 25.2 Å². The van der Waals surface area contributed by atoms with E-state index in [1.807, 2.05) is 103 Å². The Bertz CT molecular complexity index is 1730. The predicted octanol–water partition coefficient (Wildman–Crippen LogP) is 7.66. The number of rotatable bonds is 13. The van der Waals surface area contributed by atoms with Gasteiger partial charge in [0.2, 0.25) is 5.91 Å². The fourth-order valence-corrected chi connectivity index (χ4v) is 5.91. The normalized spacial score (nSPS) is 16.5. The molecule has 1 saturated heterocycles. The molecular weight excluding hydrogens is 579 g/mol. The topological polar surface area (TPSA) is 85.0 Å². The van der Waals surface area contributed by atoms with E-state index >= 15 is 0 Å². The smallest absolute Gasteiger partial charge is 0.233 e. The first kappa shape index (κ1) is 31.0. The minimum Gasteiger partial charge on any atom is -0.489 e. The van der Waals surface area contributed by atoms with Gasteiger partial charge in [-0.25, -0.2) is 4.39 Å². The standard InChI is InChI=1S/C39H37FN2O4/c40-31-15-13-30(14-16-31)36(43)22-21-35-38(42(39(35)44)32-17-11-27(24-41)12-18-32)34-20-19-33(45-25-28-7-3-1-4-8-28)23-37(34)46-26-29-9-5-2-6-10-29/h1-20,23,35-36,38,43H,21-22,24-26,41H2/t35-,36+,38-/m1/s1. The predicted molar refractivity (Wildman–Crippen MR) is 177 cm³/mol. The van der Waals surface area contributed by atoms with E-state index in [0.29, 0.717) is 49.7 Å². The fourth-order valence-electron chi connectivity index (χ4n) is 5.91. The molecule has 0 saturated carbocycles. The van der Waals surface area contributed by atoms with Crippen molar-refractivity contribution >= 4 is 11.6 Å². The van der Waals surface area contributed by atoms with Crippen molar-refractivity contribution in [3.8, 4) is 11.5 Å². The van der Waals surface area contributed by atoms with Crippen molar-refractivity contribution < 1.29 is 23.8 Å². The summed E-state index contributed by atoms with van der Waals surface area (Å²) in [6.07, 6.45) is -0.0460. The number of β-lactam (4-membered cyclic amide) rings is 1. The summed E-state index contributed by atoms with van der Waals surface area (Å²) in [4.78, 5) is 15.6. The fraction of sp³-hybridized carbons (Fsp3) is 0.205. The largest absolute Gasteiger partial charge is 0.489 e. The molecule has 0 spiro atoms. The number of hydrogen-bond donors (Lipinski definition) is 2. The number of hydrogen-bond acceptors (Lipinski definition) is 5. The molecule has 0 bridgehead atoms. The van der Waals surface area contributed by atoms with E-state index in [1.54, 1.807) is 17.0 Å². The van der Waals surface area contributed by atoms with E-state index in [9.17, 15) is 14.3 Å². The second-order valence-electron chi connectivity index (χ2n) is 11.5. The van der Waals surface area contributed by atoms with Crippen LogP contribution in [0.1, 0.15) is 52.8 Å². The molecule has 0 unspecified atom stereocenters. The Morgan fingerprint density at radius 2 is 1.39 bits per heavy atom. The van der Waals surface area contributed by atoms with E-state index in [2.05, 4.69) is 0 Å². The highest BCUT2D eigenvalue weighted by Gasteiger charge is 2.49. The SMILES string of the molecule is NCc1ccc(N2C(=O)[C@H](CC[C@H](O)c3ccc(F)cc3)[C@H]2c2ccc(OCc3ccccc3)cc2OCc2ccccc2)cc1. The number of aliphatic hydroxyl groups excluding tert-OH is 1. The minimum atomic E-state index is -0.825.